The fourth-order valence-corrected chi connectivity index (χ4v) is 2.31. The van der Waals surface area contributed by atoms with Gasteiger partial charge in [-0.15, -0.1) is 10.2 Å². The average molecular weight is 306 g/mol. The van der Waals surface area contributed by atoms with Crippen LogP contribution in [0.2, 0.25) is 0 Å². The molecule has 0 bridgehead atoms. The van der Waals surface area contributed by atoms with Crippen LogP contribution < -0.4 is 0 Å². The van der Waals surface area contributed by atoms with E-state index in [2.05, 4.69) is 31.0 Å². The van der Waals surface area contributed by atoms with Gasteiger partial charge in [0.05, 0.1) is 0 Å². The van der Waals surface area contributed by atoms with Gasteiger partial charge in [0.25, 0.3) is 5.22 Å². The highest BCUT2D eigenvalue weighted by atomic mass is 32.2. The van der Waals surface area contributed by atoms with E-state index >= 15 is 0 Å². The molecule has 1 aromatic heterocycles. The van der Waals surface area contributed by atoms with E-state index in [9.17, 15) is 4.79 Å². The van der Waals surface area contributed by atoms with Crippen LogP contribution in [0.4, 0.5) is 0 Å². The Kier molecular flexibility index (Phi) is 4.37. The molecule has 0 aliphatic heterocycles. The third-order valence-corrected chi connectivity index (χ3v) is 3.95. The van der Waals surface area contributed by atoms with Gasteiger partial charge in [0.1, 0.15) is 5.25 Å². The van der Waals surface area contributed by atoms with E-state index in [1.165, 1.54) is 5.56 Å². The van der Waals surface area contributed by atoms with Crippen molar-refractivity contribution in [2.24, 2.45) is 0 Å². The van der Waals surface area contributed by atoms with Crippen LogP contribution in [0, 0.1) is 0 Å². The van der Waals surface area contributed by atoms with Gasteiger partial charge >= 0.3 is 5.97 Å². The molecule has 2 rings (SSSR count). The first-order valence-corrected chi connectivity index (χ1v) is 7.49. The average Bonchev–Trinajstić information content (AvgIpc) is 2.86. The van der Waals surface area contributed by atoms with Crippen LogP contribution in [-0.4, -0.2) is 26.5 Å². The molecule has 0 unspecified atom stereocenters. The lowest BCUT2D eigenvalue weighted by Gasteiger charge is -2.18. The van der Waals surface area contributed by atoms with Crippen molar-refractivity contribution in [2.75, 3.05) is 0 Å². The zero-order valence-electron chi connectivity index (χ0n) is 12.5. The van der Waals surface area contributed by atoms with Gasteiger partial charge in [-0.25, -0.2) is 0 Å². The number of thioether (sulfide) groups is 1. The van der Waals surface area contributed by atoms with E-state index in [0.29, 0.717) is 5.89 Å². The number of rotatable bonds is 4. The normalized spacial score (nSPS) is 13.1. The number of hydrogen-bond acceptors (Lipinski definition) is 5. The first-order chi connectivity index (χ1) is 9.77. The summed E-state index contributed by atoms with van der Waals surface area (Å²) in [5.74, 6) is -0.509. The summed E-state index contributed by atoms with van der Waals surface area (Å²) in [6.45, 7) is 8.03. The zero-order valence-corrected chi connectivity index (χ0v) is 13.3. The predicted octanol–water partition coefficient (Wildman–Crippen LogP) is 3.60. The molecule has 0 saturated heterocycles. The van der Waals surface area contributed by atoms with Crippen molar-refractivity contribution in [3.8, 4) is 11.5 Å². The van der Waals surface area contributed by atoms with Gasteiger partial charge in [-0.3, -0.25) is 4.79 Å². The summed E-state index contributed by atoms with van der Waals surface area (Å²) in [4.78, 5) is 10.8. The second-order valence-corrected chi connectivity index (χ2v) is 7.09. The molecule has 5 nitrogen and oxygen atoms in total. The predicted molar refractivity (Wildman–Crippen MR) is 81.4 cm³/mol. The van der Waals surface area contributed by atoms with Gasteiger partial charge in [0.2, 0.25) is 5.89 Å². The first-order valence-electron chi connectivity index (χ1n) is 6.61. The van der Waals surface area contributed by atoms with Crippen molar-refractivity contribution in [3.05, 3.63) is 29.8 Å². The van der Waals surface area contributed by atoms with Gasteiger partial charge < -0.3 is 9.52 Å². The Morgan fingerprint density at radius 2 is 1.86 bits per heavy atom. The van der Waals surface area contributed by atoms with Crippen LogP contribution in [0.1, 0.15) is 33.3 Å². The third-order valence-electron chi connectivity index (χ3n) is 3.03. The molecule has 21 heavy (non-hydrogen) atoms. The number of nitrogens with zero attached hydrogens (tertiary/aromatic N) is 2. The van der Waals surface area contributed by atoms with Crippen molar-refractivity contribution >= 4 is 17.7 Å². The minimum atomic E-state index is -0.908. The highest BCUT2D eigenvalue weighted by Crippen LogP contribution is 2.28. The molecule has 0 aliphatic rings. The maximum absolute atomic E-state index is 10.8. The van der Waals surface area contributed by atoms with E-state index in [-0.39, 0.29) is 10.6 Å². The van der Waals surface area contributed by atoms with E-state index in [0.717, 1.165) is 17.3 Å². The molecule has 6 heteroatoms. The van der Waals surface area contributed by atoms with Gasteiger partial charge in [0, 0.05) is 5.56 Å². The molecule has 1 heterocycles. The lowest BCUT2D eigenvalue weighted by Crippen LogP contribution is -2.10. The molecule has 0 saturated carbocycles. The summed E-state index contributed by atoms with van der Waals surface area (Å²) in [6, 6.07) is 7.94. The van der Waals surface area contributed by atoms with Gasteiger partial charge in [0.15, 0.2) is 0 Å². The van der Waals surface area contributed by atoms with Crippen LogP contribution >= 0.6 is 11.8 Å². The molecule has 112 valence electrons. The Labute approximate surface area is 127 Å². The largest absolute Gasteiger partial charge is 0.480 e. The van der Waals surface area contributed by atoms with E-state index in [1.807, 2.05) is 24.3 Å². The summed E-state index contributed by atoms with van der Waals surface area (Å²) in [7, 11) is 0. The quantitative estimate of drug-likeness (QED) is 0.870. The standard InChI is InChI=1S/C15H18N2O3S/c1-9(13(18)19)21-14-17-16-12(20-14)10-5-7-11(8-6-10)15(2,3)4/h5-9H,1-4H3,(H,18,19)/t9-/m0/s1. The van der Waals surface area contributed by atoms with Crippen LogP contribution in [0.25, 0.3) is 11.5 Å². The van der Waals surface area contributed by atoms with Gasteiger partial charge in [-0.05, 0) is 30.0 Å². The lowest BCUT2D eigenvalue weighted by atomic mass is 9.87. The van der Waals surface area contributed by atoms with Gasteiger partial charge in [-0.2, -0.15) is 0 Å². The number of carbonyl (C=O) groups is 1. The number of carboxylic acid groups (broad SMARTS) is 1. The van der Waals surface area contributed by atoms with Crippen molar-refractivity contribution in [3.63, 3.8) is 0 Å². The topological polar surface area (TPSA) is 76.2 Å². The zero-order chi connectivity index (χ0) is 15.6. The third kappa shape index (κ3) is 3.85. The molecule has 1 atom stereocenters. The van der Waals surface area contributed by atoms with E-state index in [4.69, 9.17) is 9.52 Å². The van der Waals surface area contributed by atoms with Crippen molar-refractivity contribution in [1.82, 2.24) is 10.2 Å². The first kappa shape index (κ1) is 15.6. The minimum Gasteiger partial charge on any atom is -0.480 e. The SMILES string of the molecule is C[C@H](Sc1nnc(-c2ccc(C(C)(C)C)cc2)o1)C(=O)O. The number of aromatic nitrogens is 2. The number of hydrogen-bond donors (Lipinski definition) is 1. The Balaban J connectivity index is 2.16. The second-order valence-electron chi connectivity index (χ2n) is 5.80. The summed E-state index contributed by atoms with van der Waals surface area (Å²) in [5, 5.41) is 16.3. The van der Waals surface area contributed by atoms with E-state index in [1.54, 1.807) is 6.92 Å². The summed E-state index contributed by atoms with van der Waals surface area (Å²) < 4.78 is 5.49. The summed E-state index contributed by atoms with van der Waals surface area (Å²) in [6.07, 6.45) is 0. The van der Waals surface area contributed by atoms with Gasteiger partial charge in [-0.1, -0.05) is 44.7 Å². The molecule has 0 aliphatic carbocycles. The second kappa shape index (κ2) is 5.89. The highest BCUT2D eigenvalue weighted by molar-refractivity contribution is 8.00. The summed E-state index contributed by atoms with van der Waals surface area (Å²) >= 11 is 1.03. The van der Waals surface area contributed by atoms with Crippen LogP contribution in [-0.2, 0) is 10.2 Å². The van der Waals surface area contributed by atoms with E-state index < -0.39 is 11.2 Å². The molecular formula is C15H18N2O3S. The molecule has 0 fully saturated rings. The molecule has 2 aromatic rings. The maximum atomic E-state index is 10.8. The van der Waals surface area contributed by atoms with Crippen LogP contribution in [0.3, 0.4) is 0 Å². The Morgan fingerprint density at radius 3 is 2.38 bits per heavy atom. The van der Waals surface area contributed by atoms with Crippen molar-refractivity contribution in [2.45, 2.75) is 43.6 Å². The monoisotopic (exact) mass is 306 g/mol. The lowest BCUT2D eigenvalue weighted by molar-refractivity contribution is -0.136. The maximum Gasteiger partial charge on any atom is 0.316 e. The molecular weight excluding hydrogens is 288 g/mol. The van der Waals surface area contributed by atoms with Crippen molar-refractivity contribution < 1.29 is 14.3 Å². The molecule has 1 aromatic carbocycles. The van der Waals surface area contributed by atoms with Crippen molar-refractivity contribution in [1.29, 1.82) is 0 Å². The smallest absolute Gasteiger partial charge is 0.316 e. The fourth-order valence-electron chi connectivity index (χ4n) is 1.69. The highest BCUT2D eigenvalue weighted by Gasteiger charge is 2.18. The molecule has 0 amide bonds. The molecule has 0 spiro atoms. The van der Waals surface area contributed by atoms with Crippen LogP contribution in [0.15, 0.2) is 33.9 Å². The minimum absolute atomic E-state index is 0.0886. The number of benzene rings is 1. The Bertz CT molecular complexity index is 629. The molecule has 0 radical (unpaired) electrons. The fraction of sp³-hybridized carbons (Fsp3) is 0.400. The number of carboxylic acids is 1. The molecule has 1 N–H and O–H groups in total. The summed E-state index contributed by atoms with van der Waals surface area (Å²) in [5.41, 5.74) is 2.14. The Morgan fingerprint density at radius 1 is 1.24 bits per heavy atom. The number of aliphatic carboxylic acids is 1. The van der Waals surface area contributed by atoms with Crippen LogP contribution in [0.5, 0.6) is 0 Å². The Hall–Kier alpha value is -1.82.